The zero-order chi connectivity index (χ0) is 11.3. The number of carbonyl (C=O) groups is 1. The molecule has 5 nitrogen and oxygen atoms in total. The Kier molecular flexibility index (Phi) is 2.00. The van der Waals surface area contributed by atoms with Gasteiger partial charge < -0.3 is 10.6 Å². The van der Waals surface area contributed by atoms with Gasteiger partial charge in [0.05, 0.1) is 10.7 Å². The van der Waals surface area contributed by atoms with E-state index in [-0.39, 0.29) is 12.1 Å². The average Bonchev–Trinajstić information content (AvgIpc) is 2.90. The number of urea groups is 1. The zero-order valence-electron chi connectivity index (χ0n) is 8.88. The van der Waals surface area contributed by atoms with E-state index in [4.69, 9.17) is 5.73 Å². The van der Waals surface area contributed by atoms with E-state index in [0.717, 1.165) is 23.5 Å². The first-order valence-corrected chi connectivity index (χ1v) is 6.13. The van der Waals surface area contributed by atoms with E-state index < -0.39 is 0 Å². The fraction of sp³-hybridized carbons (Fsp3) is 0.500. The molecule has 0 saturated heterocycles. The molecule has 0 radical (unpaired) electrons. The van der Waals surface area contributed by atoms with Gasteiger partial charge >= 0.3 is 6.03 Å². The molecule has 1 unspecified atom stereocenters. The smallest absolute Gasteiger partial charge is 0.346 e. The molecular formula is C10H12N4OS. The average molecular weight is 236 g/mol. The Hall–Kier alpha value is -1.43. The van der Waals surface area contributed by atoms with Gasteiger partial charge in [-0.25, -0.2) is 9.78 Å². The van der Waals surface area contributed by atoms with Crippen LogP contribution in [0.3, 0.4) is 0 Å². The number of amides is 2. The summed E-state index contributed by atoms with van der Waals surface area (Å²) < 4.78 is 0. The van der Waals surface area contributed by atoms with E-state index >= 15 is 0 Å². The van der Waals surface area contributed by atoms with Crippen LogP contribution < -0.4 is 5.73 Å². The number of nitrogens with zero attached hydrogens (tertiary/aromatic N) is 3. The minimum Gasteiger partial charge on any atom is -0.385 e. The Morgan fingerprint density at radius 3 is 2.88 bits per heavy atom. The van der Waals surface area contributed by atoms with Gasteiger partial charge in [-0.15, -0.1) is 11.3 Å². The first-order valence-electron chi connectivity index (χ1n) is 5.25. The summed E-state index contributed by atoms with van der Waals surface area (Å²) >= 11 is 1.57. The molecular weight excluding hydrogens is 224 g/mol. The Bertz CT molecular complexity index is 477. The highest BCUT2D eigenvalue weighted by Gasteiger charge is 2.44. The number of amidine groups is 1. The lowest BCUT2D eigenvalue weighted by Gasteiger charge is -2.22. The number of thiazole rings is 1. The van der Waals surface area contributed by atoms with Gasteiger partial charge in [0.2, 0.25) is 0 Å². The van der Waals surface area contributed by atoms with Gasteiger partial charge in [-0.2, -0.15) is 4.99 Å². The van der Waals surface area contributed by atoms with Gasteiger partial charge in [0, 0.05) is 11.4 Å². The first kappa shape index (κ1) is 9.77. The molecule has 1 aromatic rings. The third-order valence-electron chi connectivity index (χ3n) is 2.86. The Labute approximate surface area is 97.0 Å². The molecule has 2 N–H and O–H groups in total. The van der Waals surface area contributed by atoms with E-state index in [1.807, 2.05) is 12.3 Å². The summed E-state index contributed by atoms with van der Waals surface area (Å²) in [6.45, 7) is 1.94. The molecule has 6 heteroatoms. The lowest BCUT2D eigenvalue weighted by atomic mass is 10.2. The van der Waals surface area contributed by atoms with Gasteiger partial charge in [0.15, 0.2) is 0 Å². The van der Waals surface area contributed by atoms with Crippen LogP contribution in [-0.2, 0) is 0 Å². The molecule has 2 heterocycles. The fourth-order valence-electron chi connectivity index (χ4n) is 2.00. The molecule has 1 fully saturated rings. The van der Waals surface area contributed by atoms with Crippen molar-refractivity contribution in [3.8, 4) is 0 Å². The number of rotatable bonds is 2. The second-order valence-corrected chi connectivity index (χ2v) is 5.21. The first-order chi connectivity index (χ1) is 7.66. The molecule has 2 amide bonds. The maximum absolute atomic E-state index is 11.7. The number of aromatic nitrogens is 1. The van der Waals surface area contributed by atoms with E-state index in [2.05, 4.69) is 9.98 Å². The normalized spacial score (nSPS) is 25.1. The number of hydrogen-bond acceptors (Lipinski definition) is 4. The van der Waals surface area contributed by atoms with E-state index in [9.17, 15) is 4.79 Å². The van der Waals surface area contributed by atoms with Crippen LogP contribution in [0.2, 0.25) is 0 Å². The van der Waals surface area contributed by atoms with Crippen LogP contribution in [0.25, 0.3) is 0 Å². The molecule has 1 aliphatic heterocycles. The summed E-state index contributed by atoms with van der Waals surface area (Å²) in [6, 6.07) is -0.134. The highest BCUT2D eigenvalue weighted by molar-refractivity contribution is 7.09. The van der Waals surface area contributed by atoms with Gasteiger partial charge in [-0.1, -0.05) is 0 Å². The molecule has 0 aromatic carbocycles. The van der Waals surface area contributed by atoms with Crippen molar-refractivity contribution in [3.63, 3.8) is 0 Å². The molecule has 16 heavy (non-hydrogen) atoms. The van der Waals surface area contributed by atoms with Crippen molar-refractivity contribution in [1.82, 2.24) is 9.88 Å². The van der Waals surface area contributed by atoms with Crippen molar-refractivity contribution in [2.24, 2.45) is 10.7 Å². The minimum atomic E-state index is -0.232. The van der Waals surface area contributed by atoms with Crippen molar-refractivity contribution in [3.05, 3.63) is 16.1 Å². The van der Waals surface area contributed by atoms with Gasteiger partial charge in [0.25, 0.3) is 0 Å². The number of aryl methyl sites for hydroxylation is 1. The molecule has 0 bridgehead atoms. The standard InChI is InChI=1S/C10H12N4OS/c1-5-12-7(4-16-5)8-9(11)13-10(15)14(8)6-2-3-6/h4,6,8H,2-3H2,1H3,(H2,11,13,15). The van der Waals surface area contributed by atoms with E-state index in [0.29, 0.717) is 11.9 Å². The predicted molar refractivity (Wildman–Crippen MR) is 61.5 cm³/mol. The van der Waals surface area contributed by atoms with Crippen molar-refractivity contribution < 1.29 is 4.79 Å². The van der Waals surface area contributed by atoms with Crippen LogP contribution in [0, 0.1) is 6.92 Å². The molecule has 3 rings (SSSR count). The predicted octanol–water partition coefficient (Wildman–Crippen LogP) is 1.45. The quantitative estimate of drug-likeness (QED) is 0.844. The molecule has 1 atom stereocenters. The van der Waals surface area contributed by atoms with Crippen molar-refractivity contribution in [2.45, 2.75) is 31.8 Å². The van der Waals surface area contributed by atoms with Crippen LogP contribution in [0.4, 0.5) is 4.79 Å². The zero-order valence-corrected chi connectivity index (χ0v) is 9.70. The lowest BCUT2D eigenvalue weighted by molar-refractivity contribution is 0.202. The van der Waals surface area contributed by atoms with Crippen LogP contribution in [0.5, 0.6) is 0 Å². The minimum absolute atomic E-state index is 0.212. The second-order valence-electron chi connectivity index (χ2n) is 4.15. The summed E-state index contributed by atoms with van der Waals surface area (Å²) in [5.74, 6) is 0.377. The lowest BCUT2D eigenvalue weighted by Crippen LogP contribution is -2.35. The third kappa shape index (κ3) is 1.41. The molecule has 1 saturated carbocycles. The summed E-state index contributed by atoms with van der Waals surface area (Å²) in [5, 5.41) is 2.94. The summed E-state index contributed by atoms with van der Waals surface area (Å²) in [4.78, 5) is 21.7. The Balaban J connectivity index is 1.97. The highest BCUT2D eigenvalue weighted by Crippen LogP contribution is 2.38. The van der Waals surface area contributed by atoms with Gasteiger partial charge in [0.1, 0.15) is 11.9 Å². The highest BCUT2D eigenvalue weighted by atomic mass is 32.1. The molecule has 2 aliphatic rings. The summed E-state index contributed by atoms with van der Waals surface area (Å²) in [7, 11) is 0. The Morgan fingerprint density at radius 2 is 2.31 bits per heavy atom. The van der Waals surface area contributed by atoms with E-state index in [1.54, 1.807) is 16.2 Å². The number of carbonyl (C=O) groups excluding carboxylic acids is 1. The van der Waals surface area contributed by atoms with Crippen LogP contribution in [0.1, 0.15) is 29.6 Å². The maximum atomic E-state index is 11.7. The van der Waals surface area contributed by atoms with Crippen molar-refractivity contribution in [1.29, 1.82) is 0 Å². The maximum Gasteiger partial charge on any atom is 0.346 e. The number of hydrogen-bond donors (Lipinski definition) is 1. The molecule has 1 aromatic heterocycles. The monoisotopic (exact) mass is 236 g/mol. The summed E-state index contributed by atoms with van der Waals surface area (Å²) in [6.07, 6.45) is 2.10. The second kappa shape index (κ2) is 3.28. The van der Waals surface area contributed by atoms with Crippen LogP contribution in [0.15, 0.2) is 10.4 Å². The largest absolute Gasteiger partial charge is 0.385 e. The third-order valence-corrected chi connectivity index (χ3v) is 3.65. The van der Waals surface area contributed by atoms with Crippen molar-refractivity contribution >= 4 is 23.2 Å². The SMILES string of the molecule is Cc1nc(C2C(N)=NC(=O)N2C2CC2)cs1. The number of nitrogens with two attached hydrogens (primary N) is 1. The van der Waals surface area contributed by atoms with Gasteiger partial charge in [-0.05, 0) is 19.8 Å². The summed E-state index contributed by atoms with van der Waals surface area (Å²) in [5.41, 5.74) is 6.67. The van der Waals surface area contributed by atoms with Crippen molar-refractivity contribution in [2.75, 3.05) is 0 Å². The van der Waals surface area contributed by atoms with Crippen LogP contribution in [-0.4, -0.2) is 27.8 Å². The Morgan fingerprint density at radius 1 is 1.56 bits per heavy atom. The molecule has 84 valence electrons. The molecule has 1 aliphatic carbocycles. The van der Waals surface area contributed by atoms with Crippen LogP contribution >= 0.6 is 11.3 Å². The number of aliphatic imine (C=N–C) groups is 1. The van der Waals surface area contributed by atoms with Gasteiger partial charge in [-0.3, -0.25) is 0 Å². The topological polar surface area (TPSA) is 71.6 Å². The van der Waals surface area contributed by atoms with E-state index in [1.165, 1.54) is 0 Å². The molecule has 0 spiro atoms. The fourth-order valence-corrected chi connectivity index (χ4v) is 2.63.